The number of hydrogen-bond donors (Lipinski definition) is 0. The zero-order chi connectivity index (χ0) is 11.7. The molecule has 1 aliphatic rings. The zero-order valence-corrected chi connectivity index (χ0v) is 12.1. The summed E-state index contributed by atoms with van der Waals surface area (Å²) in [5, 5.41) is 0.318. The second kappa shape index (κ2) is 4.56. The van der Waals surface area contributed by atoms with Crippen LogP contribution in [0.15, 0.2) is 0 Å². The third kappa shape index (κ3) is 3.30. The van der Waals surface area contributed by atoms with Gasteiger partial charge in [0.05, 0.1) is 6.10 Å². The lowest BCUT2D eigenvalue weighted by Gasteiger charge is -2.38. The van der Waals surface area contributed by atoms with E-state index in [4.69, 9.17) is 9.16 Å². The first kappa shape index (κ1) is 13.2. The molecule has 0 heterocycles. The van der Waals surface area contributed by atoms with E-state index in [0.717, 1.165) is 12.8 Å². The Labute approximate surface area is 95.5 Å². The first-order valence-electron chi connectivity index (χ1n) is 5.97. The van der Waals surface area contributed by atoms with Gasteiger partial charge in [0.25, 0.3) is 0 Å². The van der Waals surface area contributed by atoms with Crippen LogP contribution < -0.4 is 0 Å². The molecule has 0 radical (unpaired) electrons. The van der Waals surface area contributed by atoms with E-state index in [1.165, 1.54) is 6.42 Å². The van der Waals surface area contributed by atoms with Crippen molar-refractivity contribution in [3.63, 3.8) is 0 Å². The summed E-state index contributed by atoms with van der Waals surface area (Å²) in [5.41, 5.74) is 0. The van der Waals surface area contributed by atoms with E-state index in [9.17, 15) is 0 Å². The quantitative estimate of drug-likeness (QED) is 0.690. The standard InChI is InChI=1S/C12H26O2Si/c1-12(2,3)15(5,6)14-11-8-7-10(9-11)13-4/h10-11H,7-9H2,1-6H3/t10-,11?/m1/s1. The van der Waals surface area contributed by atoms with Crippen LogP contribution in [0.25, 0.3) is 0 Å². The molecule has 0 spiro atoms. The second-order valence-corrected chi connectivity index (χ2v) is 10.9. The van der Waals surface area contributed by atoms with Gasteiger partial charge in [-0.3, -0.25) is 0 Å². The minimum Gasteiger partial charge on any atom is -0.414 e. The summed E-state index contributed by atoms with van der Waals surface area (Å²) in [7, 11) is 0.237. The molecule has 1 saturated carbocycles. The summed E-state index contributed by atoms with van der Waals surface area (Å²) in [5.74, 6) is 0. The van der Waals surface area contributed by atoms with E-state index in [1.54, 1.807) is 7.11 Å². The average molecular weight is 230 g/mol. The van der Waals surface area contributed by atoms with Gasteiger partial charge in [-0.25, -0.2) is 0 Å². The van der Waals surface area contributed by atoms with Gasteiger partial charge in [0.1, 0.15) is 0 Å². The molecule has 0 amide bonds. The summed E-state index contributed by atoms with van der Waals surface area (Å²) in [6.07, 6.45) is 4.29. The van der Waals surface area contributed by atoms with E-state index in [2.05, 4.69) is 33.9 Å². The van der Waals surface area contributed by atoms with Crippen LogP contribution in [0.5, 0.6) is 0 Å². The van der Waals surface area contributed by atoms with E-state index < -0.39 is 8.32 Å². The molecule has 0 bridgehead atoms. The van der Waals surface area contributed by atoms with Gasteiger partial charge in [-0.05, 0) is 37.4 Å². The number of rotatable bonds is 3. The van der Waals surface area contributed by atoms with Crippen molar-refractivity contribution in [1.82, 2.24) is 0 Å². The predicted molar refractivity (Wildman–Crippen MR) is 66.7 cm³/mol. The van der Waals surface area contributed by atoms with Crippen molar-refractivity contribution in [3.8, 4) is 0 Å². The first-order chi connectivity index (χ1) is 6.76. The fourth-order valence-electron chi connectivity index (χ4n) is 1.82. The second-order valence-electron chi connectivity index (χ2n) is 6.17. The Morgan fingerprint density at radius 3 is 2.00 bits per heavy atom. The largest absolute Gasteiger partial charge is 0.414 e. The van der Waals surface area contributed by atoms with Gasteiger partial charge in [0, 0.05) is 13.2 Å². The minimum atomic E-state index is -1.57. The molecule has 3 heteroatoms. The first-order valence-corrected chi connectivity index (χ1v) is 8.88. The highest BCUT2D eigenvalue weighted by Gasteiger charge is 2.40. The molecule has 0 aromatic heterocycles. The maximum Gasteiger partial charge on any atom is 0.192 e. The molecular weight excluding hydrogens is 204 g/mol. The van der Waals surface area contributed by atoms with E-state index in [1.807, 2.05) is 0 Å². The molecule has 1 unspecified atom stereocenters. The number of ether oxygens (including phenoxy) is 1. The Morgan fingerprint density at radius 2 is 1.60 bits per heavy atom. The molecule has 0 N–H and O–H groups in total. The molecule has 1 aliphatic carbocycles. The highest BCUT2D eigenvalue weighted by Crippen LogP contribution is 2.39. The Kier molecular flexibility index (Phi) is 4.01. The van der Waals surface area contributed by atoms with E-state index in [0.29, 0.717) is 17.2 Å². The van der Waals surface area contributed by atoms with Crippen LogP contribution in [0.2, 0.25) is 18.1 Å². The molecule has 0 aliphatic heterocycles. The molecule has 0 aromatic carbocycles. The monoisotopic (exact) mass is 230 g/mol. The van der Waals surface area contributed by atoms with Gasteiger partial charge < -0.3 is 9.16 Å². The lowest BCUT2D eigenvalue weighted by atomic mass is 10.2. The Morgan fingerprint density at radius 1 is 1.07 bits per heavy atom. The average Bonchev–Trinajstić information content (AvgIpc) is 2.49. The predicted octanol–water partition coefficient (Wildman–Crippen LogP) is 3.58. The summed E-state index contributed by atoms with van der Waals surface area (Å²) >= 11 is 0. The van der Waals surface area contributed by atoms with Crippen LogP contribution in [0.4, 0.5) is 0 Å². The summed E-state index contributed by atoms with van der Waals surface area (Å²) in [4.78, 5) is 0. The van der Waals surface area contributed by atoms with Crippen molar-refractivity contribution in [1.29, 1.82) is 0 Å². The van der Waals surface area contributed by atoms with Gasteiger partial charge in [-0.1, -0.05) is 20.8 Å². The Hall–Kier alpha value is 0.137. The smallest absolute Gasteiger partial charge is 0.192 e. The van der Waals surface area contributed by atoms with Gasteiger partial charge in [0.15, 0.2) is 8.32 Å². The van der Waals surface area contributed by atoms with Crippen LogP contribution in [-0.2, 0) is 9.16 Å². The van der Waals surface area contributed by atoms with Crippen LogP contribution in [0.3, 0.4) is 0 Å². The lowest BCUT2D eigenvalue weighted by Crippen LogP contribution is -2.43. The van der Waals surface area contributed by atoms with Crippen molar-refractivity contribution < 1.29 is 9.16 Å². The van der Waals surface area contributed by atoms with Crippen molar-refractivity contribution in [3.05, 3.63) is 0 Å². The topological polar surface area (TPSA) is 18.5 Å². The fourth-order valence-corrected chi connectivity index (χ4v) is 3.22. The Balaban J connectivity index is 2.49. The van der Waals surface area contributed by atoms with Gasteiger partial charge >= 0.3 is 0 Å². The van der Waals surface area contributed by atoms with Gasteiger partial charge in [-0.2, -0.15) is 0 Å². The third-order valence-electron chi connectivity index (χ3n) is 3.94. The van der Waals surface area contributed by atoms with Crippen LogP contribution in [0, 0.1) is 0 Å². The van der Waals surface area contributed by atoms with Crippen molar-refractivity contribution >= 4 is 8.32 Å². The molecular formula is C12H26O2Si. The number of hydrogen-bond acceptors (Lipinski definition) is 2. The maximum absolute atomic E-state index is 6.35. The summed E-state index contributed by atoms with van der Waals surface area (Å²) in [6.45, 7) is 11.5. The van der Waals surface area contributed by atoms with Crippen molar-refractivity contribution in [2.24, 2.45) is 0 Å². The van der Waals surface area contributed by atoms with Crippen LogP contribution in [0.1, 0.15) is 40.0 Å². The van der Waals surface area contributed by atoms with E-state index in [-0.39, 0.29) is 0 Å². The highest BCUT2D eigenvalue weighted by atomic mass is 28.4. The van der Waals surface area contributed by atoms with E-state index >= 15 is 0 Å². The van der Waals surface area contributed by atoms with Gasteiger partial charge in [0.2, 0.25) is 0 Å². The molecule has 0 aromatic rings. The highest BCUT2D eigenvalue weighted by molar-refractivity contribution is 6.74. The summed E-state index contributed by atoms with van der Waals surface area (Å²) < 4.78 is 11.7. The summed E-state index contributed by atoms with van der Waals surface area (Å²) in [6, 6.07) is 0. The molecule has 0 saturated heterocycles. The fraction of sp³-hybridized carbons (Fsp3) is 1.00. The molecule has 15 heavy (non-hydrogen) atoms. The van der Waals surface area contributed by atoms with Crippen molar-refractivity contribution in [2.45, 2.75) is 70.4 Å². The molecule has 2 atom stereocenters. The van der Waals surface area contributed by atoms with Gasteiger partial charge in [-0.15, -0.1) is 0 Å². The van der Waals surface area contributed by atoms with Crippen LogP contribution in [-0.4, -0.2) is 27.6 Å². The third-order valence-corrected chi connectivity index (χ3v) is 8.47. The zero-order valence-electron chi connectivity index (χ0n) is 11.1. The minimum absolute atomic E-state index is 0.318. The van der Waals surface area contributed by atoms with Crippen molar-refractivity contribution in [2.75, 3.05) is 7.11 Å². The Bertz CT molecular complexity index is 208. The normalized spacial score (nSPS) is 28.4. The lowest BCUT2D eigenvalue weighted by molar-refractivity contribution is 0.0919. The maximum atomic E-state index is 6.35. The number of methoxy groups -OCH3 is 1. The molecule has 1 rings (SSSR count). The molecule has 2 nitrogen and oxygen atoms in total. The molecule has 90 valence electrons. The SMILES string of the molecule is CO[C@@H]1CCC(O[Si](C)(C)C(C)(C)C)C1. The molecule has 1 fully saturated rings. The van der Waals surface area contributed by atoms with Crippen LogP contribution >= 0.6 is 0 Å².